The van der Waals surface area contributed by atoms with Crippen LogP contribution in [0.5, 0.6) is 5.75 Å². The molecule has 2 aliphatic rings. The summed E-state index contributed by atoms with van der Waals surface area (Å²) in [6, 6.07) is 13.1. The van der Waals surface area contributed by atoms with Crippen molar-refractivity contribution in [3.63, 3.8) is 0 Å². The lowest BCUT2D eigenvalue weighted by Crippen LogP contribution is -2.46. The lowest BCUT2D eigenvalue weighted by atomic mass is 9.82. The number of piperidine rings is 1. The van der Waals surface area contributed by atoms with Crippen LogP contribution in [0.3, 0.4) is 0 Å². The smallest absolute Gasteiger partial charge is 0.338 e. The minimum atomic E-state index is -0.419. The molecule has 0 atom stereocenters. The zero-order chi connectivity index (χ0) is 22.7. The van der Waals surface area contributed by atoms with Gasteiger partial charge < -0.3 is 19.7 Å². The number of nitrogens with zero attached hydrogens (tertiary/aromatic N) is 1. The molecule has 1 saturated heterocycles. The SMILES string of the molecule is CCN(CC)C(=O)c1ccc(C2=CC3(CCNCC3)Oc3cccc(C(=O)OC)c32)cc1. The predicted molar refractivity (Wildman–Crippen MR) is 124 cm³/mol. The number of methoxy groups -OCH3 is 1. The van der Waals surface area contributed by atoms with Crippen LogP contribution in [0, 0.1) is 0 Å². The van der Waals surface area contributed by atoms with E-state index in [1.54, 1.807) is 11.0 Å². The molecule has 32 heavy (non-hydrogen) atoms. The first-order valence-corrected chi connectivity index (χ1v) is 11.3. The van der Waals surface area contributed by atoms with E-state index in [1.807, 2.05) is 50.2 Å². The molecule has 0 unspecified atom stereocenters. The Kier molecular flexibility index (Phi) is 6.33. The van der Waals surface area contributed by atoms with Crippen molar-refractivity contribution in [2.45, 2.75) is 32.3 Å². The van der Waals surface area contributed by atoms with Crippen LogP contribution in [-0.4, -0.2) is 55.7 Å². The summed E-state index contributed by atoms with van der Waals surface area (Å²) >= 11 is 0. The second kappa shape index (κ2) is 9.17. The Morgan fingerprint density at radius 1 is 1.06 bits per heavy atom. The first-order valence-electron chi connectivity index (χ1n) is 11.3. The molecule has 2 heterocycles. The molecule has 1 amide bonds. The van der Waals surface area contributed by atoms with Crippen molar-refractivity contribution in [1.29, 1.82) is 0 Å². The van der Waals surface area contributed by atoms with Gasteiger partial charge in [0.25, 0.3) is 5.91 Å². The molecule has 6 heteroatoms. The molecule has 2 aromatic carbocycles. The van der Waals surface area contributed by atoms with Crippen molar-refractivity contribution >= 4 is 17.4 Å². The van der Waals surface area contributed by atoms with Gasteiger partial charge >= 0.3 is 5.97 Å². The van der Waals surface area contributed by atoms with E-state index < -0.39 is 11.6 Å². The molecule has 2 aromatic rings. The van der Waals surface area contributed by atoms with Crippen molar-refractivity contribution in [2.24, 2.45) is 0 Å². The standard InChI is InChI=1S/C26H30N2O4/c1-4-28(5-2)24(29)19-11-9-18(10-12-19)21-17-26(13-15-27-16-14-26)32-22-8-6-7-20(23(21)22)25(30)31-3/h6-12,17,27H,4-5,13-16H2,1-3H3. The van der Waals surface area contributed by atoms with Crippen molar-refractivity contribution in [3.8, 4) is 5.75 Å². The number of ether oxygens (including phenoxy) is 2. The summed E-state index contributed by atoms with van der Waals surface area (Å²) in [7, 11) is 1.39. The van der Waals surface area contributed by atoms with Gasteiger partial charge in [0.2, 0.25) is 0 Å². The van der Waals surface area contributed by atoms with Crippen LogP contribution in [0.1, 0.15) is 58.5 Å². The largest absolute Gasteiger partial charge is 0.482 e. The maximum atomic E-state index is 12.7. The molecule has 0 saturated carbocycles. The van der Waals surface area contributed by atoms with Crippen LogP contribution in [0.2, 0.25) is 0 Å². The fourth-order valence-corrected chi connectivity index (χ4v) is 4.57. The van der Waals surface area contributed by atoms with E-state index >= 15 is 0 Å². The summed E-state index contributed by atoms with van der Waals surface area (Å²) in [6.07, 6.45) is 3.84. The summed E-state index contributed by atoms with van der Waals surface area (Å²) in [4.78, 5) is 27.1. The van der Waals surface area contributed by atoms with E-state index in [2.05, 4.69) is 11.4 Å². The number of rotatable bonds is 5. The maximum absolute atomic E-state index is 12.7. The summed E-state index contributed by atoms with van der Waals surface area (Å²) in [5.74, 6) is 0.314. The van der Waals surface area contributed by atoms with Crippen LogP contribution in [0.4, 0.5) is 0 Å². The van der Waals surface area contributed by atoms with Crippen molar-refractivity contribution in [1.82, 2.24) is 10.2 Å². The number of benzene rings is 2. The lowest BCUT2D eigenvalue weighted by molar-refractivity contribution is 0.0593. The Morgan fingerprint density at radius 3 is 2.38 bits per heavy atom. The zero-order valence-electron chi connectivity index (χ0n) is 18.9. The highest BCUT2D eigenvalue weighted by molar-refractivity contribution is 6.01. The van der Waals surface area contributed by atoms with E-state index in [4.69, 9.17) is 9.47 Å². The second-order valence-corrected chi connectivity index (χ2v) is 8.20. The summed E-state index contributed by atoms with van der Waals surface area (Å²) < 4.78 is 11.5. The Labute approximate surface area is 189 Å². The molecule has 1 N–H and O–H groups in total. The van der Waals surface area contributed by atoms with Gasteiger partial charge in [-0.2, -0.15) is 0 Å². The molecule has 6 nitrogen and oxygen atoms in total. The quantitative estimate of drug-likeness (QED) is 0.723. The van der Waals surface area contributed by atoms with Gasteiger partial charge in [-0.3, -0.25) is 4.79 Å². The molecule has 0 bridgehead atoms. The lowest BCUT2D eigenvalue weighted by Gasteiger charge is -2.40. The normalized spacial score (nSPS) is 16.5. The average Bonchev–Trinajstić information content (AvgIpc) is 2.84. The van der Waals surface area contributed by atoms with Gasteiger partial charge in [-0.25, -0.2) is 4.79 Å². The molecule has 1 spiro atoms. The van der Waals surface area contributed by atoms with E-state index in [-0.39, 0.29) is 5.91 Å². The van der Waals surface area contributed by atoms with Gasteiger partial charge in [-0.15, -0.1) is 0 Å². The Morgan fingerprint density at radius 2 is 1.75 bits per heavy atom. The fraction of sp³-hybridized carbons (Fsp3) is 0.385. The number of amides is 1. The van der Waals surface area contributed by atoms with E-state index in [0.717, 1.165) is 42.6 Å². The molecular formula is C26H30N2O4. The van der Waals surface area contributed by atoms with Crippen molar-refractivity contribution < 1.29 is 19.1 Å². The highest BCUT2D eigenvalue weighted by Gasteiger charge is 2.38. The number of nitrogens with one attached hydrogen (secondary N) is 1. The Bertz CT molecular complexity index is 1030. The predicted octanol–water partition coefficient (Wildman–Crippen LogP) is 3.90. The van der Waals surface area contributed by atoms with Gasteiger partial charge in [0.05, 0.1) is 12.7 Å². The van der Waals surface area contributed by atoms with Gasteiger partial charge in [-0.05, 0) is 68.4 Å². The number of hydrogen-bond donors (Lipinski definition) is 1. The van der Waals surface area contributed by atoms with Crippen molar-refractivity contribution in [2.75, 3.05) is 33.3 Å². The highest BCUT2D eigenvalue weighted by atomic mass is 16.5. The summed E-state index contributed by atoms with van der Waals surface area (Å²) in [5, 5.41) is 3.39. The Balaban J connectivity index is 1.80. The number of hydrogen-bond acceptors (Lipinski definition) is 5. The molecular weight excluding hydrogens is 404 g/mol. The molecule has 1 fully saturated rings. The monoisotopic (exact) mass is 434 g/mol. The van der Waals surface area contributed by atoms with Crippen LogP contribution in [-0.2, 0) is 4.74 Å². The first kappa shape index (κ1) is 22.1. The minimum absolute atomic E-state index is 0.0213. The third-order valence-corrected chi connectivity index (χ3v) is 6.36. The van der Waals surface area contributed by atoms with Crippen LogP contribution in [0.25, 0.3) is 5.57 Å². The number of esters is 1. The van der Waals surface area contributed by atoms with Crippen LogP contribution < -0.4 is 10.1 Å². The molecule has 0 radical (unpaired) electrons. The summed E-state index contributed by atoms with van der Waals surface area (Å²) in [6.45, 7) is 7.04. The van der Waals surface area contributed by atoms with Crippen LogP contribution in [0.15, 0.2) is 48.5 Å². The van der Waals surface area contributed by atoms with E-state index in [0.29, 0.717) is 30.0 Å². The highest BCUT2D eigenvalue weighted by Crippen LogP contribution is 2.44. The van der Waals surface area contributed by atoms with Gasteiger partial charge in [0.1, 0.15) is 11.4 Å². The maximum Gasteiger partial charge on any atom is 0.338 e. The van der Waals surface area contributed by atoms with E-state index in [1.165, 1.54) is 7.11 Å². The van der Waals surface area contributed by atoms with Gasteiger partial charge in [-0.1, -0.05) is 18.2 Å². The summed E-state index contributed by atoms with van der Waals surface area (Å²) in [5.41, 5.74) is 3.34. The molecule has 168 valence electrons. The number of carbonyl (C=O) groups excluding carboxylic acids is 2. The number of carbonyl (C=O) groups is 2. The van der Waals surface area contributed by atoms with E-state index in [9.17, 15) is 9.59 Å². The zero-order valence-corrected chi connectivity index (χ0v) is 18.9. The minimum Gasteiger partial charge on any atom is -0.482 e. The molecule has 0 aliphatic carbocycles. The molecule has 0 aromatic heterocycles. The fourth-order valence-electron chi connectivity index (χ4n) is 4.57. The van der Waals surface area contributed by atoms with Gasteiger partial charge in [0, 0.05) is 37.1 Å². The van der Waals surface area contributed by atoms with Crippen molar-refractivity contribution in [3.05, 3.63) is 70.8 Å². The third kappa shape index (κ3) is 4.02. The van der Waals surface area contributed by atoms with Crippen LogP contribution >= 0.6 is 0 Å². The molecule has 4 rings (SSSR count). The number of fused-ring (bicyclic) bond motifs is 1. The third-order valence-electron chi connectivity index (χ3n) is 6.36. The second-order valence-electron chi connectivity index (χ2n) is 8.20. The first-order chi connectivity index (χ1) is 15.5. The topological polar surface area (TPSA) is 67.9 Å². The molecule has 2 aliphatic heterocycles. The van der Waals surface area contributed by atoms with Gasteiger partial charge in [0.15, 0.2) is 0 Å². The average molecular weight is 435 g/mol. The Hall–Kier alpha value is -3.12.